The van der Waals surface area contributed by atoms with Gasteiger partial charge in [-0.25, -0.2) is 0 Å². The van der Waals surface area contributed by atoms with Gasteiger partial charge in [-0.1, -0.05) is 29.8 Å². The van der Waals surface area contributed by atoms with Crippen LogP contribution in [0.15, 0.2) is 35.9 Å². The Kier molecular flexibility index (Phi) is 3.62. The van der Waals surface area contributed by atoms with E-state index in [4.69, 9.17) is 4.74 Å². The fraction of sp³-hybridized carbons (Fsp3) is 0.545. The number of nitrogens with zero attached hydrogens (tertiary/aromatic N) is 2. The summed E-state index contributed by atoms with van der Waals surface area (Å²) in [6, 6.07) is 7.82. The minimum atomic E-state index is -1.01. The normalized spacial score (nSPS) is 41.8. The summed E-state index contributed by atoms with van der Waals surface area (Å²) in [6.45, 7) is 2.46. The number of carbonyl (C=O) groups is 2. The third kappa shape index (κ3) is 1.72. The number of hydrogen-bond acceptors (Lipinski definition) is 5. The summed E-state index contributed by atoms with van der Waals surface area (Å²) in [5.74, 6) is -0.357. The predicted molar refractivity (Wildman–Crippen MR) is 104 cm³/mol. The van der Waals surface area contributed by atoms with Crippen LogP contribution in [-0.2, 0) is 19.7 Å². The second-order valence-corrected chi connectivity index (χ2v) is 8.60. The number of benzene rings is 1. The Bertz CT molecular complexity index is 912. The number of fused-ring (bicyclic) bond motifs is 3. The van der Waals surface area contributed by atoms with E-state index >= 15 is 0 Å². The number of piperidine rings is 3. The van der Waals surface area contributed by atoms with Crippen molar-refractivity contribution in [2.24, 2.45) is 11.3 Å². The van der Waals surface area contributed by atoms with Crippen LogP contribution in [0.4, 0.5) is 5.69 Å². The van der Waals surface area contributed by atoms with Crippen LogP contribution in [0.25, 0.3) is 0 Å². The Hall–Kier alpha value is -2.18. The lowest BCUT2D eigenvalue weighted by Gasteiger charge is -2.57. The zero-order valence-corrected chi connectivity index (χ0v) is 16.5. The minimum absolute atomic E-state index is 0.0362. The molecule has 1 amide bonds. The van der Waals surface area contributed by atoms with Gasteiger partial charge in [0.05, 0.1) is 19.1 Å². The van der Waals surface area contributed by atoms with E-state index in [0.717, 1.165) is 23.4 Å². The SMILES string of the molecule is C/C=C1\CN2[C@H]3C[C@@]4(C(=O)N(C)c5ccccc54)[C@@H]2C[C@@H]1C3(CO)C(=O)OC. The van der Waals surface area contributed by atoms with E-state index in [1.165, 1.54) is 7.11 Å². The highest BCUT2D eigenvalue weighted by Gasteiger charge is 2.74. The van der Waals surface area contributed by atoms with Crippen LogP contribution in [0.1, 0.15) is 25.3 Å². The van der Waals surface area contributed by atoms with Gasteiger partial charge in [-0.2, -0.15) is 0 Å². The standard InChI is InChI=1S/C22H26N2O4/c1-4-13-11-24-17-9-15(13)22(12-25,20(27)28-3)18(24)10-21(17)14-7-5-6-8-16(14)23(2)19(21)26/h4-8,15,17-18,25H,9-12H2,1-3H3/b13-4+/t15-,17-,18-,21-,22?/m0/s1. The number of amides is 1. The van der Waals surface area contributed by atoms with Crippen LogP contribution in [0.5, 0.6) is 0 Å². The third-order valence-electron chi connectivity index (χ3n) is 8.00. The summed E-state index contributed by atoms with van der Waals surface area (Å²) in [5.41, 5.74) is 1.51. The van der Waals surface area contributed by atoms with E-state index in [2.05, 4.69) is 17.0 Å². The Balaban J connectivity index is 1.72. The van der Waals surface area contributed by atoms with E-state index < -0.39 is 10.8 Å². The van der Waals surface area contributed by atoms with Gasteiger partial charge in [-0.05, 0) is 31.4 Å². The van der Waals surface area contributed by atoms with Crippen LogP contribution in [0.3, 0.4) is 0 Å². The number of rotatable bonds is 2. The molecule has 1 aromatic rings. The quantitative estimate of drug-likeness (QED) is 0.620. The molecule has 1 N–H and O–H groups in total. The topological polar surface area (TPSA) is 70.1 Å². The molecule has 6 rings (SSSR count). The number of hydrogen-bond donors (Lipinski definition) is 1. The van der Waals surface area contributed by atoms with Gasteiger partial charge in [0, 0.05) is 37.3 Å². The van der Waals surface area contributed by atoms with Crippen LogP contribution in [0.2, 0.25) is 0 Å². The van der Waals surface area contributed by atoms with Gasteiger partial charge < -0.3 is 14.7 Å². The molecule has 6 heteroatoms. The van der Waals surface area contributed by atoms with Crippen molar-refractivity contribution in [1.82, 2.24) is 4.90 Å². The average molecular weight is 382 g/mol. The van der Waals surface area contributed by atoms with Crippen molar-refractivity contribution >= 4 is 17.6 Å². The number of carbonyl (C=O) groups excluding carboxylic acids is 2. The molecule has 6 nitrogen and oxygen atoms in total. The molecule has 5 heterocycles. The van der Waals surface area contributed by atoms with Gasteiger partial charge in [-0.3, -0.25) is 14.5 Å². The lowest BCUT2D eigenvalue weighted by atomic mass is 9.60. The molecule has 4 bridgehead atoms. The molecule has 0 saturated carbocycles. The number of allylic oxidation sites excluding steroid dienone is 1. The lowest BCUT2D eigenvalue weighted by molar-refractivity contribution is -0.175. The zero-order chi connectivity index (χ0) is 19.8. The molecule has 4 saturated heterocycles. The molecular weight excluding hydrogens is 356 g/mol. The highest BCUT2D eigenvalue weighted by molar-refractivity contribution is 6.09. The maximum absolute atomic E-state index is 13.6. The Morgan fingerprint density at radius 2 is 2.11 bits per heavy atom. The fourth-order valence-electron chi connectivity index (χ4n) is 6.79. The van der Waals surface area contributed by atoms with Gasteiger partial charge in [0.25, 0.3) is 0 Å². The summed E-state index contributed by atoms with van der Waals surface area (Å²) < 4.78 is 5.20. The van der Waals surface area contributed by atoms with Gasteiger partial charge in [0.1, 0.15) is 5.41 Å². The molecule has 6 atom stereocenters. The molecule has 2 unspecified atom stereocenters. The highest BCUT2D eigenvalue weighted by atomic mass is 16.5. The zero-order valence-electron chi connectivity index (χ0n) is 16.5. The summed E-state index contributed by atoms with van der Waals surface area (Å²) in [6.07, 6.45) is 3.28. The van der Waals surface area contributed by atoms with E-state index in [-0.39, 0.29) is 36.5 Å². The summed E-state index contributed by atoms with van der Waals surface area (Å²) in [7, 11) is 3.22. The molecule has 0 aliphatic carbocycles. The van der Waals surface area contributed by atoms with Gasteiger partial charge in [0.15, 0.2) is 0 Å². The second-order valence-electron chi connectivity index (χ2n) is 8.60. The molecule has 5 aliphatic heterocycles. The number of likely N-dealkylation sites (N-methyl/N-ethyl adjacent to an activating group) is 1. The lowest BCUT2D eigenvalue weighted by Crippen LogP contribution is -2.67. The van der Waals surface area contributed by atoms with Gasteiger partial charge in [0.2, 0.25) is 5.91 Å². The number of aliphatic hydroxyl groups excluding tert-OH is 1. The third-order valence-corrected chi connectivity index (χ3v) is 8.00. The Morgan fingerprint density at radius 1 is 1.36 bits per heavy atom. The van der Waals surface area contributed by atoms with Crippen molar-refractivity contribution in [3.63, 3.8) is 0 Å². The van der Waals surface area contributed by atoms with E-state index in [1.807, 2.05) is 32.2 Å². The first-order valence-corrected chi connectivity index (χ1v) is 9.95. The maximum Gasteiger partial charge on any atom is 0.316 e. The molecule has 0 radical (unpaired) electrons. The number of ether oxygens (including phenoxy) is 1. The van der Waals surface area contributed by atoms with Crippen LogP contribution < -0.4 is 4.90 Å². The fourth-order valence-corrected chi connectivity index (χ4v) is 6.79. The van der Waals surface area contributed by atoms with Crippen molar-refractivity contribution < 1.29 is 19.4 Å². The van der Waals surface area contributed by atoms with E-state index in [1.54, 1.807) is 4.90 Å². The molecular formula is C22H26N2O4. The molecule has 4 fully saturated rings. The first-order valence-electron chi connectivity index (χ1n) is 9.95. The highest BCUT2D eigenvalue weighted by Crippen LogP contribution is 2.65. The second kappa shape index (κ2) is 5.67. The number of esters is 1. The largest absolute Gasteiger partial charge is 0.468 e. The van der Waals surface area contributed by atoms with Crippen molar-refractivity contribution in [3.8, 4) is 0 Å². The number of methoxy groups -OCH3 is 1. The number of aliphatic hydroxyl groups is 1. The van der Waals surface area contributed by atoms with Gasteiger partial charge >= 0.3 is 5.97 Å². The molecule has 1 aromatic carbocycles. The van der Waals surface area contributed by atoms with Crippen LogP contribution in [0, 0.1) is 11.3 Å². The number of para-hydroxylation sites is 1. The molecule has 0 aromatic heterocycles. The Morgan fingerprint density at radius 3 is 2.79 bits per heavy atom. The summed E-state index contributed by atoms with van der Waals surface area (Å²) in [5, 5.41) is 10.5. The predicted octanol–water partition coefficient (Wildman–Crippen LogP) is 1.48. The van der Waals surface area contributed by atoms with Crippen LogP contribution >= 0.6 is 0 Å². The first-order chi connectivity index (χ1) is 13.5. The molecule has 148 valence electrons. The van der Waals surface area contributed by atoms with Gasteiger partial charge in [-0.15, -0.1) is 0 Å². The van der Waals surface area contributed by atoms with Crippen molar-refractivity contribution in [2.75, 3.05) is 32.2 Å². The first kappa shape index (κ1) is 17.9. The molecule has 28 heavy (non-hydrogen) atoms. The van der Waals surface area contributed by atoms with Crippen molar-refractivity contribution in [2.45, 2.75) is 37.3 Å². The van der Waals surface area contributed by atoms with Crippen molar-refractivity contribution in [1.29, 1.82) is 0 Å². The monoisotopic (exact) mass is 382 g/mol. The Labute approximate surface area is 164 Å². The average Bonchev–Trinajstić information content (AvgIpc) is 3.13. The maximum atomic E-state index is 13.6. The molecule has 5 aliphatic rings. The minimum Gasteiger partial charge on any atom is -0.468 e. The summed E-state index contributed by atoms with van der Waals surface area (Å²) >= 11 is 0. The van der Waals surface area contributed by atoms with E-state index in [9.17, 15) is 14.7 Å². The molecule has 1 spiro atoms. The smallest absolute Gasteiger partial charge is 0.316 e. The van der Waals surface area contributed by atoms with Crippen LogP contribution in [-0.4, -0.2) is 61.3 Å². The van der Waals surface area contributed by atoms with Crippen molar-refractivity contribution in [3.05, 3.63) is 41.5 Å². The number of anilines is 1. The van der Waals surface area contributed by atoms with E-state index in [0.29, 0.717) is 12.8 Å². The summed E-state index contributed by atoms with van der Waals surface area (Å²) in [4.78, 5) is 30.7.